The van der Waals surface area contributed by atoms with Crippen LogP contribution in [0.4, 0.5) is 5.82 Å². The Morgan fingerprint density at radius 1 is 1.28 bits per heavy atom. The van der Waals surface area contributed by atoms with Gasteiger partial charge in [0.05, 0.1) is 5.39 Å². The largest absolute Gasteiger partial charge is 0.356 e. The van der Waals surface area contributed by atoms with E-state index in [1.807, 2.05) is 7.05 Å². The van der Waals surface area contributed by atoms with E-state index < -0.39 is 0 Å². The summed E-state index contributed by atoms with van der Waals surface area (Å²) in [6.07, 6.45) is 3.40. The van der Waals surface area contributed by atoms with Crippen LogP contribution in [0.15, 0.2) is 6.33 Å². The average molecular weight is 384 g/mol. The number of rotatable bonds is 5. The van der Waals surface area contributed by atoms with Crippen molar-refractivity contribution >= 4 is 45.7 Å². The molecule has 25 heavy (non-hydrogen) atoms. The second-order valence-corrected chi connectivity index (χ2v) is 7.52. The lowest BCUT2D eigenvalue weighted by atomic mass is 9.95. The maximum absolute atomic E-state index is 12.2. The number of hydrogen-bond acceptors (Lipinski definition) is 6. The number of hydrogen-bond donors (Lipinski definition) is 2. The molecule has 0 aromatic carbocycles. The van der Waals surface area contributed by atoms with Gasteiger partial charge in [-0.2, -0.15) is 0 Å². The van der Waals surface area contributed by atoms with Gasteiger partial charge in [0.2, 0.25) is 5.91 Å². The van der Waals surface area contributed by atoms with Gasteiger partial charge in [0.1, 0.15) is 17.0 Å². The Kier molecular flexibility index (Phi) is 6.98. The molecule has 1 fully saturated rings. The summed E-state index contributed by atoms with van der Waals surface area (Å²) in [7, 11) is 1.89. The van der Waals surface area contributed by atoms with Gasteiger partial charge in [0.25, 0.3) is 0 Å². The van der Waals surface area contributed by atoms with Crippen LogP contribution >= 0.6 is 23.7 Å². The Labute approximate surface area is 158 Å². The van der Waals surface area contributed by atoms with E-state index in [-0.39, 0.29) is 24.2 Å². The van der Waals surface area contributed by atoms with Gasteiger partial charge in [-0.05, 0) is 39.3 Å². The number of carbonyl (C=O) groups is 1. The van der Waals surface area contributed by atoms with Crippen molar-refractivity contribution in [3.8, 4) is 0 Å². The molecule has 6 nitrogen and oxygen atoms in total. The van der Waals surface area contributed by atoms with Crippen molar-refractivity contribution in [2.75, 3.05) is 38.1 Å². The molecule has 3 heterocycles. The van der Waals surface area contributed by atoms with Gasteiger partial charge in [0.15, 0.2) is 0 Å². The highest BCUT2D eigenvalue weighted by molar-refractivity contribution is 7.18. The standard InChI is InChI=1S/C17H25N5OS.ClH/c1-11-12(2)24-17-14(11)15(20-10-21-17)22-8-4-13(5-9-22)16(23)19-7-6-18-3;/h10,13,18H,4-9H2,1-3H3,(H,19,23);1H. The van der Waals surface area contributed by atoms with Crippen LogP contribution in [-0.4, -0.2) is 49.1 Å². The first-order valence-electron chi connectivity index (χ1n) is 8.49. The summed E-state index contributed by atoms with van der Waals surface area (Å²) in [5.74, 6) is 1.32. The summed E-state index contributed by atoms with van der Waals surface area (Å²) in [6, 6.07) is 0. The number of aryl methyl sites for hydroxylation is 2. The third-order valence-corrected chi connectivity index (χ3v) is 5.90. The van der Waals surface area contributed by atoms with E-state index in [1.54, 1.807) is 17.7 Å². The fraction of sp³-hybridized carbons (Fsp3) is 0.588. The van der Waals surface area contributed by atoms with Crippen molar-refractivity contribution in [1.29, 1.82) is 0 Å². The lowest BCUT2D eigenvalue weighted by Crippen LogP contribution is -2.42. The highest BCUT2D eigenvalue weighted by atomic mass is 35.5. The van der Waals surface area contributed by atoms with Crippen molar-refractivity contribution in [3.63, 3.8) is 0 Å². The summed E-state index contributed by atoms with van der Waals surface area (Å²) in [5, 5.41) is 7.23. The van der Waals surface area contributed by atoms with Crippen LogP contribution in [-0.2, 0) is 4.79 Å². The minimum absolute atomic E-state index is 0. The van der Waals surface area contributed by atoms with Crippen LogP contribution < -0.4 is 15.5 Å². The molecule has 0 unspecified atom stereocenters. The van der Waals surface area contributed by atoms with Gasteiger partial charge in [0, 0.05) is 37.0 Å². The molecule has 3 rings (SSSR count). The molecular formula is C17H26ClN5OS. The van der Waals surface area contributed by atoms with Crippen molar-refractivity contribution in [1.82, 2.24) is 20.6 Å². The van der Waals surface area contributed by atoms with E-state index in [0.717, 1.165) is 43.1 Å². The van der Waals surface area contributed by atoms with Gasteiger partial charge in [-0.15, -0.1) is 23.7 Å². The highest BCUT2D eigenvalue weighted by Gasteiger charge is 2.27. The molecule has 2 aromatic rings. The number of carbonyl (C=O) groups excluding carboxylic acids is 1. The third kappa shape index (κ3) is 4.22. The number of thiophene rings is 1. The van der Waals surface area contributed by atoms with Gasteiger partial charge in [-0.1, -0.05) is 0 Å². The second kappa shape index (κ2) is 8.78. The summed E-state index contributed by atoms with van der Waals surface area (Å²) < 4.78 is 0. The van der Waals surface area contributed by atoms with Crippen LogP contribution in [0.5, 0.6) is 0 Å². The van der Waals surface area contributed by atoms with E-state index in [0.29, 0.717) is 6.54 Å². The Hall–Kier alpha value is -1.44. The number of halogens is 1. The lowest BCUT2D eigenvalue weighted by Gasteiger charge is -2.32. The van der Waals surface area contributed by atoms with Crippen LogP contribution in [0.25, 0.3) is 10.2 Å². The minimum atomic E-state index is 0. The first kappa shape index (κ1) is 19.9. The molecule has 0 atom stereocenters. The van der Waals surface area contributed by atoms with Crippen molar-refractivity contribution < 1.29 is 4.79 Å². The first-order chi connectivity index (χ1) is 11.6. The number of nitrogens with one attached hydrogen (secondary N) is 2. The number of piperidine rings is 1. The second-order valence-electron chi connectivity index (χ2n) is 6.32. The maximum atomic E-state index is 12.2. The van der Waals surface area contributed by atoms with E-state index in [2.05, 4.69) is 39.3 Å². The Morgan fingerprint density at radius 2 is 2.00 bits per heavy atom. The zero-order chi connectivity index (χ0) is 17.1. The van der Waals surface area contributed by atoms with E-state index in [4.69, 9.17) is 0 Å². The Balaban J connectivity index is 0.00000225. The van der Waals surface area contributed by atoms with E-state index >= 15 is 0 Å². The number of fused-ring (bicyclic) bond motifs is 1. The summed E-state index contributed by atoms with van der Waals surface area (Å²) in [5.41, 5.74) is 1.28. The van der Waals surface area contributed by atoms with Crippen molar-refractivity contribution in [3.05, 3.63) is 16.8 Å². The average Bonchev–Trinajstić information content (AvgIpc) is 2.90. The Morgan fingerprint density at radius 3 is 2.68 bits per heavy atom. The fourth-order valence-electron chi connectivity index (χ4n) is 3.21. The van der Waals surface area contributed by atoms with Gasteiger partial charge < -0.3 is 15.5 Å². The topological polar surface area (TPSA) is 70.2 Å². The molecule has 2 aromatic heterocycles. The number of aromatic nitrogens is 2. The highest BCUT2D eigenvalue weighted by Crippen LogP contribution is 2.35. The fourth-order valence-corrected chi connectivity index (χ4v) is 4.20. The first-order valence-corrected chi connectivity index (χ1v) is 9.31. The molecule has 1 aliphatic heterocycles. The molecule has 1 amide bonds. The molecule has 0 bridgehead atoms. The zero-order valence-electron chi connectivity index (χ0n) is 15.0. The van der Waals surface area contributed by atoms with Gasteiger partial charge >= 0.3 is 0 Å². The molecule has 0 saturated carbocycles. The summed E-state index contributed by atoms with van der Waals surface area (Å²) in [6.45, 7) is 7.50. The third-order valence-electron chi connectivity index (χ3n) is 4.78. The van der Waals surface area contributed by atoms with Crippen molar-refractivity contribution in [2.45, 2.75) is 26.7 Å². The number of likely N-dealkylation sites (N-methyl/N-ethyl adjacent to an activating group) is 1. The zero-order valence-corrected chi connectivity index (χ0v) is 16.6. The molecule has 8 heteroatoms. The number of amides is 1. The predicted molar refractivity (Wildman–Crippen MR) is 106 cm³/mol. The van der Waals surface area contributed by atoms with Gasteiger partial charge in [-0.25, -0.2) is 9.97 Å². The number of anilines is 1. The SMILES string of the molecule is CNCCNC(=O)C1CCN(c2ncnc3sc(C)c(C)c23)CC1.Cl. The van der Waals surface area contributed by atoms with Crippen LogP contribution in [0, 0.1) is 19.8 Å². The monoisotopic (exact) mass is 383 g/mol. The Bertz CT molecular complexity index is 727. The predicted octanol–water partition coefficient (Wildman–Crippen LogP) is 2.28. The maximum Gasteiger partial charge on any atom is 0.223 e. The van der Waals surface area contributed by atoms with Crippen LogP contribution in [0.3, 0.4) is 0 Å². The smallest absolute Gasteiger partial charge is 0.223 e. The molecule has 1 aliphatic rings. The summed E-state index contributed by atoms with van der Waals surface area (Å²) >= 11 is 1.73. The number of nitrogens with zero attached hydrogens (tertiary/aromatic N) is 3. The van der Waals surface area contributed by atoms with Gasteiger partial charge in [-0.3, -0.25) is 4.79 Å². The summed E-state index contributed by atoms with van der Waals surface area (Å²) in [4.78, 5) is 25.8. The molecule has 2 N–H and O–H groups in total. The minimum Gasteiger partial charge on any atom is -0.356 e. The van der Waals surface area contributed by atoms with E-state index in [9.17, 15) is 4.79 Å². The molecule has 0 radical (unpaired) electrons. The quantitative estimate of drug-likeness (QED) is 0.775. The normalized spacial score (nSPS) is 15.2. The van der Waals surface area contributed by atoms with Crippen LogP contribution in [0.1, 0.15) is 23.3 Å². The molecule has 0 aliphatic carbocycles. The molecular weight excluding hydrogens is 358 g/mol. The molecule has 0 spiro atoms. The molecule has 138 valence electrons. The van der Waals surface area contributed by atoms with Crippen LogP contribution in [0.2, 0.25) is 0 Å². The molecule has 1 saturated heterocycles. The lowest BCUT2D eigenvalue weighted by molar-refractivity contribution is -0.125. The van der Waals surface area contributed by atoms with Crippen molar-refractivity contribution in [2.24, 2.45) is 5.92 Å². The van der Waals surface area contributed by atoms with E-state index in [1.165, 1.54) is 15.8 Å².